The molecule has 2 bridgehead atoms. The summed E-state index contributed by atoms with van der Waals surface area (Å²) in [6, 6.07) is 0. The van der Waals surface area contributed by atoms with Crippen molar-refractivity contribution in [3.05, 3.63) is 12.2 Å². The molecule has 2 saturated carbocycles. The first-order chi connectivity index (χ1) is 6.39. The van der Waals surface area contributed by atoms with E-state index < -0.39 is 0 Å². The topological polar surface area (TPSA) is 29.1 Å². The van der Waals surface area contributed by atoms with Gasteiger partial charge in [0, 0.05) is 17.9 Å². The second kappa shape index (κ2) is 2.62. The first-order valence-corrected chi connectivity index (χ1v) is 5.37. The Morgan fingerprint density at radius 2 is 2.21 bits per heavy atom. The third-order valence-electron chi connectivity index (χ3n) is 4.42. The van der Waals surface area contributed by atoms with Crippen molar-refractivity contribution in [2.45, 2.75) is 45.6 Å². The van der Waals surface area contributed by atoms with Crippen LogP contribution < -0.4 is 5.32 Å². The molecular weight excluding hydrogens is 174 g/mol. The predicted molar refractivity (Wildman–Crippen MR) is 56.8 cm³/mol. The minimum Gasteiger partial charge on any atom is -0.350 e. The lowest BCUT2D eigenvalue weighted by Crippen LogP contribution is -2.54. The number of hydrogen-bond donors (Lipinski definition) is 1. The molecule has 14 heavy (non-hydrogen) atoms. The fourth-order valence-corrected chi connectivity index (χ4v) is 3.33. The van der Waals surface area contributed by atoms with Crippen LogP contribution in [0, 0.1) is 11.3 Å². The van der Waals surface area contributed by atoms with E-state index in [1.165, 1.54) is 12.0 Å². The highest BCUT2D eigenvalue weighted by atomic mass is 16.1. The van der Waals surface area contributed by atoms with Gasteiger partial charge in [-0.1, -0.05) is 26.0 Å². The maximum atomic E-state index is 11.2. The molecular formula is C12H19NO. The molecule has 2 aliphatic carbocycles. The SMILES string of the molecule is C=C1[C@@H]2CC[C@@](NC(C)=O)(C2)C1(C)C. The van der Waals surface area contributed by atoms with Gasteiger partial charge in [-0.2, -0.15) is 0 Å². The number of nitrogens with one attached hydrogen (secondary N) is 1. The smallest absolute Gasteiger partial charge is 0.217 e. The van der Waals surface area contributed by atoms with Gasteiger partial charge in [0.15, 0.2) is 0 Å². The Labute approximate surface area is 85.8 Å². The van der Waals surface area contributed by atoms with Crippen LogP contribution in [0.1, 0.15) is 40.0 Å². The molecule has 2 nitrogen and oxygen atoms in total. The fourth-order valence-electron chi connectivity index (χ4n) is 3.33. The second-order valence-corrected chi connectivity index (χ2v) is 5.35. The van der Waals surface area contributed by atoms with Crippen LogP contribution in [0.5, 0.6) is 0 Å². The van der Waals surface area contributed by atoms with Crippen molar-refractivity contribution in [2.24, 2.45) is 11.3 Å². The Morgan fingerprint density at radius 1 is 1.57 bits per heavy atom. The summed E-state index contributed by atoms with van der Waals surface area (Å²) in [5.74, 6) is 0.727. The Morgan fingerprint density at radius 3 is 2.64 bits per heavy atom. The molecule has 2 atom stereocenters. The fraction of sp³-hybridized carbons (Fsp3) is 0.750. The summed E-state index contributed by atoms with van der Waals surface area (Å²) in [4.78, 5) is 11.2. The van der Waals surface area contributed by atoms with Crippen molar-refractivity contribution < 1.29 is 4.79 Å². The van der Waals surface area contributed by atoms with E-state index in [-0.39, 0.29) is 16.9 Å². The van der Waals surface area contributed by atoms with Crippen molar-refractivity contribution in [1.29, 1.82) is 0 Å². The zero-order valence-electron chi connectivity index (χ0n) is 9.31. The molecule has 1 N–H and O–H groups in total. The standard InChI is InChI=1S/C12H19NO/c1-8-10-5-6-12(7-10,11(8,3)4)13-9(2)14/h10H,1,5-7H2,2-4H3,(H,13,14)/t10-,12-/m1/s1. The number of carbonyl (C=O) groups is 1. The molecule has 0 radical (unpaired) electrons. The molecule has 0 aliphatic heterocycles. The van der Waals surface area contributed by atoms with E-state index in [0.717, 1.165) is 12.8 Å². The lowest BCUT2D eigenvalue weighted by Gasteiger charge is -2.43. The van der Waals surface area contributed by atoms with E-state index in [9.17, 15) is 4.79 Å². The quantitative estimate of drug-likeness (QED) is 0.636. The number of carbonyl (C=O) groups excluding carboxylic acids is 1. The third kappa shape index (κ3) is 0.999. The van der Waals surface area contributed by atoms with Gasteiger partial charge in [0.1, 0.15) is 0 Å². The lowest BCUT2D eigenvalue weighted by molar-refractivity contribution is -0.121. The molecule has 0 aromatic carbocycles. The highest BCUT2D eigenvalue weighted by molar-refractivity contribution is 5.74. The first-order valence-electron chi connectivity index (χ1n) is 5.37. The average Bonchev–Trinajstić information content (AvgIpc) is 2.52. The normalized spacial score (nSPS) is 38.8. The summed E-state index contributed by atoms with van der Waals surface area (Å²) in [7, 11) is 0. The zero-order chi connectivity index (χ0) is 10.6. The van der Waals surface area contributed by atoms with E-state index in [4.69, 9.17) is 0 Å². The molecule has 0 unspecified atom stereocenters. The van der Waals surface area contributed by atoms with Gasteiger partial charge in [-0.3, -0.25) is 4.79 Å². The summed E-state index contributed by atoms with van der Waals surface area (Å²) in [5, 5.41) is 3.17. The molecule has 78 valence electrons. The summed E-state index contributed by atoms with van der Waals surface area (Å²) in [6.45, 7) is 10.2. The Hall–Kier alpha value is -0.790. The minimum absolute atomic E-state index is 0.000579. The number of amides is 1. The molecule has 0 saturated heterocycles. The average molecular weight is 193 g/mol. The van der Waals surface area contributed by atoms with Crippen LogP contribution >= 0.6 is 0 Å². The maximum Gasteiger partial charge on any atom is 0.217 e. The second-order valence-electron chi connectivity index (χ2n) is 5.35. The van der Waals surface area contributed by atoms with Crippen LogP contribution in [0.4, 0.5) is 0 Å². The van der Waals surface area contributed by atoms with Gasteiger partial charge in [-0.05, 0) is 25.2 Å². The molecule has 0 heterocycles. The van der Waals surface area contributed by atoms with Crippen molar-refractivity contribution in [3.63, 3.8) is 0 Å². The van der Waals surface area contributed by atoms with Crippen LogP contribution in [-0.4, -0.2) is 11.4 Å². The van der Waals surface area contributed by atoms with Crippen LogP contribution in [0.2, 0.25) is 0 Å². The minimum atomic E-state index is 0.000579. The van der Waals surface area contributed by atoms with Crippen molar-refractivity contribution in [1.82, 2.24) is 5.32 Å². The number of rotatable bonds is 1. The summed E-state index contributed by atoms with van der Waals surface area (Å²) >= 11 is 0. The van der Waals surface area contributed by atoms with Gasteiger partial charge in [0.05, 0.1) is 0 Å². The largest absolute Gasteiger partial charge is 0.350 e. The number of fused-ring (bicyclic) bond motifs is 2. The van der Waals surface area contributed by atoms with E-state index >= 15 is 0 Å². The predicted octanol–water partition coefficient (Wildman–Crippen LogP) is 2.26. The van der Waals surface area contributed by atoms with Crippen molar-refractivity contribution in [2.75, 3.05) is 0 Å². The van der Waals surface area contributed by atoms with Crippen LogP contribution in [0.15, 0.2) is 12.2 Å². The molecule has 0 aromatic rings. The molecule has 2 heteroatoms. The van der Waals surface area contributed by atoms with Gasteiger partial charge in [0.2, 0.25) is 5.91 Å². The Balaban J connectivity index is 2.34. The van der Waals surface area contributed by atoms with Gasteiger partial charge < -0.3 is 5.32 Å². The summed E-state index contributed by atoms with van der Waals surface area (Å²) < 4.78 is 0. The molecule has 1 amide bonds. The summed E-state index contributed by atoms with van der Waals surface area (Å²) in [6.07, 6.45) is 3.41. The lowest BCUT2D eigenvalue weighted by atomic mass is 9.68. The van der Waals surface area contributed by atoms with Crippen molar-refractivity contribution >= 4 is 5.91 Å². The van der Waals surface area contributed by atoms with E-state index in [1.807, 2.05) is 0 Å². The monoisotopic (exact) mass is 193 g/mol. The number of hydrogen-bond acceptors (Lipinski definition) is 1. The van der Waals surface area contributed by atoms with E-state index in [2.05, 4.69) is 25.7 Å². The van der Waals surface area contributed by atoms with Gasteiger partial charge in [-0.15, -0.1) is 0 Å². The van der Waals surface area contributed by atoms with Crippen LogP contribution in [-0.2, 0) is 4.79 Å². The van der Waals surface area contributed by atoms with Gasteiger partial charge in [-0.25, -0.2) is 0 Å². The maximum absolute atomic E-state index is 11.2. The van der Waals surface area contributed by atoms with E-state index in [0.29, 0.717) is 5.92 Å². The molecule has 2 fully saturated rings. The highest BCUT2D eigenvalue weighted by Crippen LogP contribution is 2.60. The van der Waals surface area contributed by atoms with Crippen molar-refractivity contribution in [3.8, 4) is 0 Å². The summed E-state index contributed by atoms with van der Waals surface area (Å²) in [5.41, 5.74) is 1.40. The highest BCUT2D eigenvalue weighted by Gasteiger charge is 2.59. The molecule has 0 aromatic heterocycles. The molecule has 0 spiro atoms. The van der Waals surface area contributed by atoms with Gasteiger partial charge in [0.25, 0.3) is 0 Å². The van der Waals surface area contributed by atoms with E-state index in [1.54, 1.807) is 6.92 Å². The molecule has 2 rings (SSSR count). The zero-order valence-corrected chi connectivity index (χ0v) is 9.31. The van der Waals surface area contributed by atoms with Crippen LogP contribution in [0.3, 0.4) is 0 Å². The third-order valence-corrected chi connectivity index (χ3v) is 4.42. The Bertz CT molecular complexity index is 305. The van der Waals surface area contributed by atoms with Gasteiger partial charge >= 0.3 is 0 Å². The Kier molecular flexibility index (Phi) is 1.82. The first kappa shape index (κ1) is 9.75. The molecule has 2 aliphatic rings. The van der Waals surface area contributed by atoms with Crippen LogP contribution in [0.25, 0.3) is 0 Å².